The molecule has 7 heteroatoms. The van der Waals surface area contributed by atoms with E-state index in [4.69, 9.17) is 4.74 Å². The van der Waals surface area contributed by atoms with Gasteiger partial charge in [-0.1, -0.05) is 42.2 Å². The number of carbonyl (C=O) groups excluding carboxylic acids is 2. The van der Waals surface area contributed by atoms with Crippen LogP contribution in [0.1, 0.15) is 42.4 Å². The Hall–Kier alpha value is -4.28. The summed E-state index contributed by atoms with van der Waals surface area (Å²) in [6, 6.07) is 26.0. The Balaban J connectivity index is 1.34. The third kappa shape index (κ3) is 6.47. The summed E-state index contributed by atoms with van der Waals surface area (Å²) in [7, 11) is 1.62. The number of urea groups is 1. The highest BCUT2D eigenvalue weighted by Gasteiger charge is 2.49. The highest BCUT2D eigenvalue weighted by atomic mass is 16.5. The number of hydrogen-bond donors (Lipinski definition) is 2. The van der Waals surface area contributed by atoms with Crippen molar-refractivity contribution in [3.63, 3.8) is 0 Å². The first-order chi connectivity index (χ1) is 19.5. The van der Waals surface area contributed by atoms with Crippen molar-refractivity contribution in [1.29, 1.82) is 0 Å². The number of amides is 3. The van der Waals surface area contributed by atoms with Gasteiger partial charge in [0.15, 0.2) is 0 Å². The van der Waals surface area contributed by atoms with Gasteiger partial charge in [0.2, 0.25) is 5.91 Å². The number of methoxy groups -OCH3 is 1. The summed E-state index contributed by atoms with van der Waals surface area (Å²) >= 11 is 0. The van der Waals surface area contributed by atoms with E-state index in [-0.39, 0.29) is 29.9 Å². The van der Waals surface area contributed by atoms with Crippen molar-refractivity contribution in [1.82, 2.24) is 15.1 Å². The van der Waals surface area contributed by atoms with Gasteiger partial charge in [0, 0.05) is 61.4 Å². The summed E-state index contributed by atoms with van der Waals surface area (Å²) in [5, 5.41) is 6.09. The number of benzene rings is 3. The molecule has 0 saturated carbocycles. The summed E-state index contributed by atoms with van der Waals surface area (Å²) in [6.45, 7) is 4.44. The molecule has 5 rings (SSSR count). The predicted molar refractivity (Wildman–Crippen MR) is 157 cm³/mol. The minimum atomic E-state index is -0.0948. The van der Waals surface area contributed by atoms with Crippen LogP contribution in [0.5, 0.6) is 5.75 Å². The van der Waals surface area contributed by atoms with Crippen LogP contribution in [0.2, 0.25) is 0 Å². The van der Waals surface area contributed by atoms with Crippen LogP contribution in [-0.4, -0.2) is 67.1 Å². The fourth-order valence-corrected chi connectivity index (χ4v) is 5.73. The van der Waals surface area contributed by atoms with Gasteiger partial charge in [-0.05, 0) is 73.5 Å². The van der Waals surface area contributed by atoms with E-state index in [2.05, 4.69) is 51.6 Å². The molecule has 0 spiro atoms. The van der Waals surface area contributed by atoms with Crippen molar-refractivity contribution >= 4 is 17.6 Å². The summed E-state index contributed by atoms with van der Waals surface area (Å²) in [4.78, 5) is 29.5. The maximum atomic E-state index is 13.3. The zero-order valence-electron chi connectivity index (χ0n) is 23.1. The Morgan fingerprint density at radius 1 is 0.900 bits per heavy atom. The van der Waals surface area contributed by atoms with Crippen LogP contribution in [0.3, 0.4) is 0 Å². The van der Waals surface area contributed by atoms with Crippen LogP contribution >= 0.6 is 0 Å². The molecular formula is C33H36N4O3. The monoisotopic (exact) mass is 536 g/mol. The minimum absolute atomic E-state index is 0.0266. The molecule has 2 heterocycles. The largest absolute Gasteiger partial charge is 0.497 e. The van der Waals surface area contributed by atoms with Crippen LogP contribution in [0.25, 0.3) is 0 Å². The topological polar surface area (TPSA) is 73.9 Å². The van der Waals surface area contributed by atoms with E-state index in [1.54, 1.807) is 14.0 Å². The number of ether oxygens (including phenoxy) is 1. The number of nitrogens with one attached hydrogen (secondary N) is 2. The van der Waals surface area contributed by atoms with Crippen LogP contribution in [0.4, 0.5) is 10.5 Å². The standard InChI is InChI=1S/C33H36N4O3/c1-24(38)34-22-30-32(27-14-12-26(13-15-27)11-10-25-8-4-3-5-9-25)31-23-36(20-6-7-21-37(30)31)33(39)35-28-16-18-29(40-2)19-17-28/h3-5,8-9,12-19,30-32H,6-7,20-23H2,1-2H3,(H,34,38)(H,35,39). The molecule has 0 aromatic heterocycles. The predicted octanol–water partition coefficient (Wildman–Crippen LogP) is 4.70. The smallest absolute Gasteiger partial charge is 0.321 e. The van der Waals surface area contributed by atoms with E-state index in [1.807, 2.05) is 59.5 Å². The van der Waals surface area contributed by atoms with E-state index in [0.29, 0.717) is 19.6 Å². The van der Waals surface area contributed by atoms with Crippen LogP contribution in [-0.2, 0) is 4.79 Å². The van der Waals surface area contributed by atoms with Crippen LogP contribution in [0.15, 0.2) is 78.9 Å². The molecule has 0 aliphatic carbocycles. The fourth-order valence-electron chi connectivity index (χ4n) is 5.73. The molecule has 3 aromatic rings. The van der Waals surface area contributed by atoms with Crippen molar-refractivity contribution in [2.24, 2.45) is 0 Å². The van der Waals surface area contributed by atoms with Gasteiger partial charge in [-0.2, -0.15) is 0 Å². The van der Waals surface area contributed by atoms with Crippen molar-refractivity contribution in [2.45, 2.75) is 37.8 Å². The average molecular weight is 537 g/mol. The zero-order chi connectivity index (χ0) is 27.9. The zero-order valence-corrected chi connectivity index (χ0v) is 23.1. The number of nitrogens with zero attached hydrogens (tertiary/aromatic N) is 2. The number of fused-ring (bicyclic) bond motifs is 1. The second kappa shape index (κ2) is 12.7. The SMILES string of the molecule is COc1ccc(NC(=O)N2CCCCN3C(CNC(C)=O)C(c4ccc(C#Cc5ccccc5)cc4)C3C2)cc1. The Bertz CT molecular complexity index is 1360. The lowest BCUT2D eigenvalue weighted by Gasteiger charge is -2.57. The number of rotatable bonds is 5. The van der Waals surface area contributed by atoms with Crippen LogP contribution in [0, 0.1) is 11.8 Å². The molecular weight excluding hydrogens is 500 g/mol. The van der Waals surface area contributed by atoms with Crippen molar-refractivity contribution < 1.29 is 14.3 Å². The number of hydrogen-bond acceptors (Lipinski definition) is 4. The van der Waals surface area contributed by atoms with Gasteiger partial charge in [-0.25, -0.2) is 4.79 Å². The molecule has 2 saturated heterocycles. The normalized spacial score (nSPS) is 20.4. The lowest BCUT2D eigenvalue weighted by molar-refractivity contribution is -0.120. The molecule has 3 unspecified atom stereocenters. The molecule has 3 aromatic carbocycles. The minimum Gasteiger partial charge on any atom is -0.497 e. The lowest BCUT2D eigenvalue weighted by Crippen LogP contribution is -2.69. The third-order valence-electron chi connectivity index (χ3n) is 7.79. The van der Waals surface area contributed by atoms with E-state index in [1.165, 1.54) is 5.56 Å². The van der Waals surface area contributed by atoms with Gasteiger partial charge in [-0.3, -0.25) is 9.69 Å². The summed E-state index contributed by atoms with van der Waals surface area (Å²) in [5.41, 5.74) is 3.89. The van der Waals surface area contributed by atoms with Gasteiger partial charge in [0.25, 0.3) is 0 Å². The molecule has 2 fully saturated rings. The Morgan fingerprint density at radius 2 is 1.57 bits per heavy atom. The maximum Gasteiger partial charge on any atom is 0.321 e. The van der Waals surface area contributed by atoms with E-state index < -0.39 is 0 Å². The first-order valence-electron chi connectivity index (χ1n) is 13.9. The molecule has 40 heavy (non-hydrogen) atoms. The second-order valence-corrected chi connectivity index (χ2v) is 10.4. The highest BCUT2D eigenvalue weighted by Crippen LogP contribution is 2.42. The van der Waals surface area contributed by atoms with Gasteiger partial charge >= 0.3 is 6.03 Å². The first-order valence-corrected chi connectivity index (χ1v) is 13.9. The summed E-state index contributed by atoms with van der Waals surface area (Å²) < 4.78 is 5.23. The third-order valence-corrected chi connectivity index (χ3v) is 7.79. The van der Waals surface area contributed by atoms with Crippen molar-refractivity contribution in [3.05, 3.63) is 95.6 Å². The van der Waals surface area contributed by atoms with Crippen molar-refractivity contribution in [2.75, 3.05) is 38.6 Å². The van der Waals surface area contributed by atoms with E-state index in [0.717, 1.165) is 42.0 Å². The average Bonchev–Trinajstić information content (AvgIpc) is 2.96. The number of carbonyl (C=O) groups is 2. The van der Waals surface area contributed by atoms with Gasteiger partial charge in [0.05, 0.1) is 7.11 Å². The molecule has 0 bridgehead atoms. The van der Waals surface area contributed by atoms with E-state index in [9.17, 15) is 9.59 Å². The lowest BCUT2D eigenvalue weighted by atomic mass is 9.73. The van der Waals surface area contributed by atoms with Gasteiger partial charge in [-0.15, -0.1) is 0 Å². The summed E-state index contributed by atoms with van der Waals surface area (Å²) in [5.74, 6) is 7.39. The molecule has 206 valence electrons. The Morgan fingerprint density at radius 3 is 2.25 bits per heavy atom. The first kappa shape index (κ1) is 27.3. The molecule has 7 nitrogen and oxygen atoms in total. The summed E-state index contributed by atoms with van der Waals surface area (Å²) in [6.07, 6.45) is 1.94. The maximum absolute atomic E-state index is 13.3. The number of anilines is 1. The van der Waals surface area contributed by atoms with Gasteiger partial charge < -0.3 is 20.3 Å². The molecule has 3 atom stereocenters. The van der Waals surface area contributed by atoms with Crippen molar-refractivity contribution in [3.8, 4) is 17.6 Å². The molecule has 2 aliphatic rings. The van der Waals surface area contributed by atoms with Gasteiger partial charge in [0.1, 0.15) is 5.75 Å². The quantitative estimate of drug-likeness (QED) is 0.464. The molecule has 3 amide bonds. The Kier molecular flexibility index (Phi) is 8.68. The highest BCUT2D eigenvalue weighted by molar-refractivity contribution is 5.89. The molecule has 0 radical (unpaired) electrons. The Labute approximate surface area is 236 Å². The van der Waals surface area contributed by atoms with E-state index >= 15 is 0 Å². The molecule has 2 aliphatic heterocycles. The van der Waals surface area contributed by atoms with Crippen LogP contribution < -0.4 is 15.4 Å². The second-order valence-electron chi connectivity index (χ2n) is 10.4. The fraction of sp³-hybridized carbons (Fsp3) is 0.333. The molecule has 2 N–H and O–H groups in total.